The maximum Gasteiger partial charge on any atom is 0.150 e. The normalized spacial score (nSPS) is 20.4. The van der Waals surface area contributed by atoms with Crippen LogP contribution < -0.4 is 14.4 Å². The van der Waals surface area contributed by atoms with E-state index in [0.717, 1.165) is 43.3 Å². The van der Waals surface area contributed by atoms with Crippen molar-refractivity contribution in [2.45, 2.75) is 12.5 Å². The number of fused-ring (bicyclic) bond motifs is 5. The highest BCUT2D eigenvalue weighted by Crippen LogP contribution is 2.45. The van der Waals surface area contributed by atoms with Crippen molar-refractivity contribution >= 4 is 5.69 Å². The molecule has 0 aromatic heterocycles. The third-order valence-corrected chi connectivity index (χ3v) is 4.77. The highest BCUT2D eigenvalue weighted by molar-refractivity contribution is 5.64. The van der Waals surface area contributed by atoms with E-state index < -0.39 is 0 Å². The molecule has 2 heterocycles. The fraction of sp³-hybridized carbons (Fsp3) is 0.368. The van der Waals surface area contributed by atoms with Crippen molar-refractivity contribution < 1.29 is 9.47 Å². The summed E-state index contributed by atoms with van der Waals surface area (Å²) in [6.07, 6.45) is 1.15. The van der Waals surface area contributed by atoms with Crippen molar-refractivity contribution in [3.63, 3.8) is 0 Å². The van der Waals surface area contributed by atoms with Crippen LogP contribution in [0, 0.1) is 0 Å². The highest BCUT2D eigenvalue weighted by atomic mass is 16.5. The van der Waals surface area contributed by atoms with E-state index in [0.29, 0.717) is 0 Å². The van der Waals surface area contributed by atoms with Crippen LogP contribution in [0.5, 0.6) is 17.2 Å². The van der Waals surface area contributed by atoms with E-state index in [1.165, 1.54) is 11.3 Å². The molecule has 1 fully saturated rings. The number of rotatable bonds is 1. The molecule has 1 atom stereocenters. The van der Waals surface area contributed by atoms with Gasteiger partial charge in [0.15, 0.2) is 5.75 Å². The highest BCUT2D eigenvalue weighted by Gasteiger charge is 2.32. The first kappa shape index (κ1) is 14.4. The summed E-state index contributed by atoms with van der Waals surface area (Å²) in [7, 11) is 3.91. The van der Waals surface area contributed by atoms with Crippen molar-refractivity contribution in [1.29, 1.82) is 0 Å². The average Bonchev–Trinajstić information content (AvgIpc) is 2.83. The molecular weight excluding hydrogens is 288 g/mol. The van der Waals surface area contributed by atoms with E-state index >= 15 is 0 Å². The average molecular weight is 310 g/mol. The Morgan fingerprint density at radius 1 is 1.09 bits per heavy atom. The van der Waals surface area contributed by atoms with Crippen molar-refractivity contribution in [3.8, 4) is 17.2 Å². The van der Waals surface area contributed by atoms with Crippen molar-refractivity contribution in [2.24, 2.45) is 0 Å². The predicted octanol–water partition coefficient (Wildman–Crippen LogP) is 3.68. The zero-order valence-corrected chi connectivity index (χ0v) is 13.7. The van der Waals surface area contributed by atoms with E-state index in [4.69, 9.17) is 9.47 Å². The fourth-order valence-corrected chi connectivity index (χ4v) is 3.61. The van der Waals surface area contributed by atoms with Crippen LogP contribution in [0.3, 0.4) is 0 Å². The van der Waals surface area contributed by atoms with Gasteiger partial charge in [0.25, 0.3) is 0 Å². The van der Waals surface area contributed by atoms with E-state index in [1.54, 1.807) is 7.11 Å². The number of benzene rings is 2. The molecule has 2 aliphatic rings. The minimum absolute atomic E-state index is 0.274. The number of anilines is 1. The zero-order valence-electron chi connectivity index (χ0n) is 13.7. The molecule has 4 nitrogen and oxygen atoms in total. The minimum atomic E-state index is 0.274. The zero-order chi connectivity index (χ0) is 15.8. The summed E-state index contributed by atoms with van der Waals surface area (Å²) < 4.78 is 11.7. The summed E-state index contributed by atoms with van der Waals surface area (Å²) in [5, 5.41) is 0. The van der Waals surface area contributed by atoms with Crippen molar-refractivity contribution in [3.05, 3.63) is 48.0 Å². The number of methoxy groups -OCH3 is 1. The lowest BCUT2D eigenvalue weighted by Crippen LogP contribution is -2.32. The molecule has 23 heavy (non-hydrogen) atoms. The second kappa shape index (κ2) is 5.78. The van der Waals surface area contributed by atoms with Crippen LogP contribution in [0.1, 0.15) is 18.0 Å². The summed E-state index contributed by atoms with van der Waals surface area (Å²) in [5.41, 5.74) is 2.39. The van der Waals surface area contributed by atoms with Gasteiger partial charge in [-0.2, -0.15) is 0 Å². The molecule has 1 unspecified atom stereocenters. The van der Waals surface area contributed by atoms with Gasteiger partial charge < -0.3 is 19.3 Å². The van der Waals surface area contributed by atoms with Gasteiger partial charge in [-0.15, -0.1) is 0 Å². The molecule has 2 aromatic carbocycles. The maximum atomic E-state index is 6.25. The molecule has 0 radical (unpaired) electrons. The van der Waals surface area contributed by atoms with Gasteiger partial charge in [0.2, 0.25) is 0 Å². The number of para-hydroxylation sites is 2. The number of ether oxygens (including phenoxy) is 2. The van der Waals surface area contributed by atoms with Gasteiger partial charge >= 0.3 is 0 Å². The lowest BCUT2D eigenvalue weighted by Gasteiger charge is -2.32. The quantitative estimate of drug-likeness (QED) is 0.802. The largest absolute Gasteiger partial charge is 0.497 e. The van der Waals surface area contributed by atoms with Crippen LogP contribution in [0.2, 0.25) is 0 Å². The first-order valence-electron chi connectivity index (χ1n) is 8.16. The molecule has 0 spiro atoms. The molecule has 1 saturated heterocycles. The molecule has 0 saturated carbocycles. The molecular formula is C19H22N2O2. The summed E-state index contributed by atoms with van der Waals surface area (Å²) in [6, 6.07) is 14.7. The Morgan fingerprint density at radius 2 is 1.96 bits per heavy atom. The van der Waals surface area contributed by atoms with Crippen LogP contribution >= 0.6 is 0 Å². The second-order valence-electron chi connectivity index (χ2n) is 6.30. The number of hydrogen-bond donors (Lipinski definition) is 0. The topological polar surface area (TPSA) is 24.9 Å². The number of likely N-dealkylation sites (N-methyl/N-ethyl adjacent to an activating group) is 1. The van der Waals surface area contributed by atoms with Crippen LogP contribution in [0.15, 0.2) is 42.5 Å². The Morgan fingerprint density at radius 3 is 2.83 bits per heavy atom. The third kappa shape index (κ3) is 2.53. The standard InChI is InChI=1S/C19H22N2O2/c1-20-10-5-11-21-16-6-3-4-7-19(16)23-18-9-8-14(22-2)12-15(18)17(21)13-20/h3-4,6-9,12,17H,5,10-11,13H2,1-2H3. The van der Waals surface area contributed by atoms with Gasteiger partial charge in [0.05, 0.1) is 18.8 Å². The van der Waals surface area contributed by atoms with Crippen LogP contribution in [-0.2, 0) is 0 Å². The van der Waals surface area contributed by atoms with Gasteiger partial charge in [0, 0.05) is 18.7 Å². The SMILES string of the molecule is COc1ccc2c(c1)C1CN(C)CCCN1c1ccccc1O2. The van der Waals surface area contributed by atoms with Gasteiger partial charge in [0.1, 0.15) is 11.5 Å². The molecule has 4 heteroatoms. The maximum absolute atomic E-state index is 6.25. The first-order valence-corrected chi connectivity index (χ1v) is 8.16. The number of nitrogens with zero attached hydrogens (tertiary/aromatic N) is 2. The molecule has 0 N–H and O–H groups in total. The summed E-state index contributed by atoms with van der Waals surface area (Å²) >= 11 is 0. The smallest absolute Gasteiger partial charge is 0.150 e. The van der Waals surface area contributed by atoms with Gasteiger partial charge in [-0.3, -0.25) is 0 Å². The van der Waals surface area contributed by atoms with Gasteiger partial charge in [-0.1, -0.05) is 12.1 Å². The summed E-state index contributed by atoms with van der Waals surface area (Å²) in [4.78, 5) is 4.89. The molecule has 0 aliphatic carbocycles. The first-order chi connectivity index (χ1) is 11.3. The Bertz CT molecular complexity index is 716. The van der Waals surface area contributed by atoms with Crippen molar-refractivity contribution in [1.82, 2.24) is 4.90 Å². The van der Waals surface area contributed by atoms with E-state index in [2.05, 4.69) is 41.1 Å². The summed E-state index contributed by atoms with van der Waals surface area (Å²) in [6.45, 7) is 3.14. The monoisotopic (exact) mass is 310 g/mol. The van der Waals surface area contributed by atoms with E-state index in [-0.39, 0.29) is 6.04 Å². The van der Waals surface area contributed by atoms with Gasteiger partial charge in [-0.05, 0) is 50.3 Å². The Hall–Kier alpha value is -2.20. The van der Waals surface area contributed by atoms with E-state index in [9.17, 15) is 0 Å². The Kier molecular flexibility index (Phi) is 3.62. The molecule has 4 rings (SSSR count). The molecule has 120 valence electrons. The Labute approximate surface area is 137 Å². The lowest BCUT2D eigenvalue weighted by molar-refractivity contribution is 0.331. The lowest BCUT2D eigenvalue weighted by atomic mass is 10.0. The van der Waals surface area contributed by atoms with Crippen LogP contribution in [-0.4, -0.2) is 38.7 Å². The summed E-state index contributed by atoms with van der Waals surface area (Å²) in [5.74, 6) is 2.75. The van der Waals surface area contributed by atoms with Gasteiger partial charge in [-0.25, -0.2) is 0 Å². The third-order valence-electron chi connectivity index (χ3n) is 4.77. The predicted molar refractivity (Wildman–Crippen MR) is 91.7 cm³/mol. The fourth-order valence-electron chi connectivity index (χ4n) is 3.61. The second-order valence-corrected chi connectivity index (χ2v) is 6.30. The van der Waals surface area contributed by atoms with Crippen LogP contribution in [0.4, 0.5) is 5.69 Å². The van der Waals surface area contributed by atoms with Crippen LogP contribution in [0.25, 0.3) is 0 Å². The van der Waals surface area contributed by atoms with E-state index in [1.807, 2.05) is 18.2 Å². The molecule has 2 aliphatic heterocycles. The number of hydrogen-bond acceptors (Lipinski definition) is 4. The molecule has 0 bridgehead atoms. The Balaban J connectivity index is 1.89. The van der Waals surface area contributed by atoms with Crippen molar-refractivity contribution in [2.75, 3.05) is 38.7 Å². The molecule has 2 aromatic rings. The minimum Gasteiger partial charge on any atom is -0.497 e. The molecule has 0 amide bonds.